The SMILES string of the molecule is Cc1cc(F)ccc1OCc1ccc(CN)cc1Cl. The van der Waals surface area contributed by atoms with Crippen molar-refractivity contribution in [2.75, 3.05) is 0 Å². The first kappa shape index (κ1) is 13.8. The third-order valence-electron chi connectivity index (χ3n) is 2.87. The lowest BCUT2D eigenvalue weighted by Crippen LogP contribution is -2.00. The van der Waals surface area contributed by atoms with Crippen molar-refractivity contribution in [3.8, 4) is 5.75 Å². The van der Waals surface area contributed by atoms with E-state index < -0.39 is 0 Å². The molecule has 2 aromatic rings. The van der Waals surface area contributed by atoms with Crippen LogP contribution >= 0.6 is 11.6 Å². The first-order chi connectivity index (χ1) is 9.10. The van der Waals surface area contributed by atoms with Crippen LogP contribution in [0.5, 0.6) is 5.75 Å². The summed E-state index contributed by atoms with van der Waals surface area (Å²) in [5.41, 5.74) is 8.16. The molecule has 4 heteroatoms. The van der Waals surface area contributed by atoms with Crippen molar-refractivity contribution >= 4 is 11.6 Å². The van der Waals surface area contributed by atoms with Crippen LogP contribution in [0.25, 0.3) is 0 Å². The fourth-order valence-corrected chi connectivity index (χ4v) is 2.02. The van der Waals surface area contributed by atoms with Crippen LogP contribution in [-0.4, -0.2) is 0 Å². The molecule has 0 unspecified atom stereocenters. The van der Waals surface area contributed by atoms with Gasteiger partial charge in [-0.15, -0.1) is 0 Å². The highest BCUT2D eigenvalue weighted by molar-refractivity contribution is 6.31. The van der Waals surface area contributed by atoms with Gasteiger partial charge >= 0.3 is 0 Å². The Morgan fingerprint density at radius 1 is 1.21 bits per heavy atom. The molecule has 2 rings (SSSR count). The highest BCUT2D eigenvalue weighted by atomic mass is 35.5. The standard InChI is InChI=1S/C15H15ClFNO/c1-10-6-13(17)4-5-15(10)19-9-12-3-2-11(8-18)7-14(12)16/h2-7H,8-9,18H2,1H3. The second-order valence-corrected chi connectivity index (χ2v) is 4.74. The van der Waals surface area contributed by atoms with Crippen LogP contribution in [0, 0.1) is 12.7 Å². The first-order valence-electron chi connectivity index (χ1n) is 5.96. The molecule has 0 aliphatic rings. The van der Waals surface area contributed by atoms with Gasteiger partial charge in [-0.2, -0.15) is 0 Å². The van der Waals surface area contributed by atoms with Gasteiger partial charge in [-0.05, 0) is 42.3 Å². The van der Waals surface area contributed by atoms with Gasteiger partial charge in [0.05, 0.1) is 0 Å². The van der Waals surface area contributed by atoms with Gasteiger partial charge in [-0.1, -0.05) is 23.7 Å². The van der Waals surface area contributed by atoms with Crippen molar-refractivity contribution < 1.29 is 9.13 Å². The number of hydrogen-bond acceptors (Lipinski definition) is 2. The first-order valence-corrected chi connectivity index (χ1v) is 6.34. The number of aryl methyl sites for hydroxylation is 1. The van der Waals surface area contributed by atoms with Gasteiger partial charge in [0.15, 0.2) is 0 Å². The average molecular weight is 280 g/mol. The number of benzene rings is 2. The van der Waals surface area contributed by atoms with Crippen LogP contribution in [0.1, 0.15) is 16.7 Å². The van der Waals surface area contributed by atoms with Crippen LogP contribution in [0.2, 0.25) is 5.02 Å². The highest BCUT2D eigenvalue weighted by Crippen LogP contribution is 2.23. The maximum Gasteiger partial charge on any atom is 0.123 e. The van der Waals surface area contributed by atoms with Crippen LogP contribution in [0.3, 0.4) is 0 Å². The van der Waals surface area contributed by atoms with Gasteiger partial charge in [0.1, 0.15) is 18.2 Å². The number of rotatable bonds is 4. The molecule has 0 heterocycles. The summed E-state index contributed by atoms with van der Waals surface area (Å²) in [4.78, 5) is 0. The van der Waals surface area contributed by atoms with E-state index in [1.165, 1.54) is 12.1 Å². The molecule has 2 N–H and O–H groups in total. The van der Waals surface area contributed by atoms with E-state index in [4.69, 9.17) is 22.1 Å². The predicted molar refractivity (Wildman–Crippen MR) is 74.8 cm³/mol. The minimum absolute atomic E-state index is 0.268. The van der Waals surface area contributed by atoms with Crippen molar-refractivity contribution in [2.24, 2.45) is 5.73 Å². The Labute approximate surface area is 117 Å². The Morgan fingerprint density at radius 3 is 2.63 bits per heavy atom. The minimum atomic E-state index is -0.268. The molecular weight excluding hydrogens is 265 g/mol. The molecule has 0 aliphatic heterocycles. The largest absolute Gasteiger partial charge is 0.489 e. The van der Waals surface area contributed by atoms with Crippen molar-refractivity contribution in [3.63, 3.8) is 0 Å². The third kappa shape index (κ3) is 3.46. The second-order valence-electron chi connectivity index (χ2n) is 4.33. The van der Waals surface area contributed by atoms with Gasteiger partial charge in [-0.25, -0.2) is 4.39 Å². The summed E-state index contributed by atoms with van der Waals surface area (Å²) in [6, 6.07) is 10.1. The molecule has 100 valence electrons. The Bertz CT molecular complexity index is 586. The summed E-state index contributed by atoms with van der Waals surface area (Å²) in [5.74, 6) is 0.385. The van der Waals surface area contributed by atoms with Crippen LogP contribution < -0.4 is 10.5 Å². The van der Waals surface area contributed by atoms with Crippen molar-refractivity contribution in [1.29, 1.82) is 0 Å². The maximum absolute atomic E-state index is 13.0. The van der Waals surface area contributed by atoms with E-state index in [0.717, 1.165) is 16.7 Å². The summed E-state index contributed by atoms with van der Waals surface area (Å²) >= 11 is 6.14. The van der Waals surface area contributed by atoms with E-state index in [2.05, 4.69) is 0 Å². The molecule has 2 aromatic carbocycles. The summed E-state index contributed by atoms with van der Waals surface area (Å²) < 4.78 is 18.6. The lowest BCUT2D eigenvalue weighted by Gasteiger charge is -2.11. The molecule has 0 amide bonds. The van der Waals surface area contributed by atoms with E-state index in [0.29, 0.717) is 23.9 Å². The minimum Gasteiger partial charge on any atom is -0.489 e. The van der Waals surface area contributed by atoms with Crippen LogP contribution in [0.4, 0.5) is 4.39 Å². The topological polar surface area (TPSA) is 35.2 Å². The van der Waals surface area contributed by atoms with E-state index in [-0.39, 0.29) is 5.82 Å². The quantitative estimate of drug-likeness (QED) is 0.923. The highest BCUT2D eigenvalue weighted by Gasteiger charge is 2.05. The molecule has 0 bridgehead atoms. The van der Waals surface area contributed by atoms with Crippen molar-refractivity contribution in [1.82, 2.24) is 0 Å². The van der Waals surface area contributed by atoms with Crippen molar-refractivity contribution in [3.05, 3.63) is 63.9 Å². The van der Waals surface area contributed by atoms with Crippen LogP contribution in [0.15, 0.2) is 36.4 Å². The van der Waals surface area contributed by atoms with Gasteiger partial charge in [-0.3, -0.25) is 0 Å². The lowest BCUT2D eigenvalue weighted by atomic mass is 10.1. The molecule has 0 aromatic heterocycles. The molecule has 0 fully saturated rings. The predicted octanol–water partition coefficient (Wildman–Crippen LogP) is 3.83. The van der Waals surface area contributed by atoms with Crippen LogP contribution in [-0.2, 0) is 13.2 Å². The number of nitrogens with two attached hydrogens (primary N) is 1. The van der Waals surface area contributed by atoms with Gasteiger partial charge in [0.25, 0.3) is 0 Å². The van der Waals surface area contributed by atoms with Gasteiger partial charge in [0.2, 0.25) is 0 Å². The van der Waals surface area contributed by atoms with E-state index in [9.17, 15) is 4.39 Å². The monoisotopic (exact) mass is 279 g/mol. The van der Waals surface area contributed by atoms with Crippen molar-refractivity contribution in [2.45, 2.75) is 20.1 Å². The Morgan fingerprint density at radius 2 is 2.00 bits per heavy atom. The molecule has 0 saturated carbocycles. The number of ether oxygens (including phenoxy) is 1. The maximum atomic E-state index is 13.0. The molecule has 0 saturated heterocycles. The summed E-state index contributed by atoms with van der Waals surface area (Å²) in [5, 5.41) is 0.628. The number of halogens is 2. The van der Waals surface area contributed by atoms with E-state index >= 15 is 0 Å². The lowest BCUT2D eigenvalue weighted by molar-refractivity contribution is 0.303. The third-order valence-corrected chi connectivity index (χ3v) is 3.23. The van der Waals surface area contributed by atoms with Gasteiger partial charge < -0.3 is 10.5 Å². The van der Waals surface area contributed by atoms with E-state index in [1.54, 1.807) is 13.0 Å². The second kappa shape index (κ2) is 6.04. The zero-order chi connectivity index (χ0) is 13.8. The zero-order valence-electron chi connectivity index (χ0n) is 10.6. The normalized spacial score (nSPS) is 10.5. The summed E-state index contributed by atoms with van der Waals surface area (Å²) in [6.07, 6.45) is 0. The summed E-state index contributed by atoms with van der Waals surface area (Å²) in [7, 11) is 0. The number of hydrogen-bond donors (Lipinski definition) is 1. The Balaban J connectivity index is 2.10. The zero-order valence-corrected chi connectivity index (χ0v) is 11.4. The molecule has 0 spiro atoms. The molecule has 19 heavy (non-hydrogen) atoms. The van der Waals surface area contributed by atoms with Gasteiger partial charge in [0, 0.05) is 17.1 Å². The molecule has 0 aliphatic carbocycles. The Kier molecular flexibility index (Phi) is 4.40. The smallest absolute Gasteiger partial charge is 0.123 e. The van der Waals surface area contributed by atoms with E-state index in [1.807, 2.05) is 18.2 Å². The molecule has 0 atom stereocenters. The fourth-order valence-electron chi connectivity index (χ4n) is 1.77. The molecule has 2 nitrogen and oxygen atoms in total. The Hall–Kier alpha value is -1.58. The average Bonchev–Trinajstić information content (AvgIpc) is 2.39. The fraction of sp³-hybridized carbons (Fsp3) is 0.200. The molecule has 0 radical (unpaired) electrons. The summed E-state index contributed by atoms with van der Waals surface area (Å²) in [6.45, 7) is 2.60. The molecular formula is C15H15ClFNO.